The predicted molar refractivity (Wildman–Crippen MR) is 238 cm³/mol. The first-order valence-corrected chi connectivity index (χ1v) is 22.9. The van der Waals surface area contributed by atoms with Crippen molar-refractivity contribution in [3.63, 3.8) is 0 Å². The van der Waals surface area contributed by atoms with E-state index < -0.39 is 94.6 Å². The van der Waals surface area contributed by atoms with Crippen LogP contribution in [0.15, 0.2) is 37.1 Å². The van der Waals surface area contributed by atoms with Crippen molar-refractivity contribution >= 4 is 23.6 Å². The number of hydrogen-bond donors (Lipinski definition) is 1. The van der Waals surface area contributed by atoms with Gasteiger partial charge in [0.1, 0.15) is 11.9 Å². The summed E-state index contributed by atoms with van der Waals surface area (Å²) in [5.41, 5.74) is -5.01. The molecule has 64 heavy (non-hydrogen) atoms. The van der Waals surface area contributed by atoms with Gasteiger partial charge in [-0.2, -0.15) is 0 Å². The number of carbonyl (C=O) groups excluding carboxylic acids is 4. The summed E-state index contributed by atoms with van der Waals surface area (Å²) in [6.07, 6.45) is 3.28. The number of amides is 1. The van der Waals surface area contributed by atoms with E-state index in [-0.39, 0.29) is 37.2 Å². The highest BCUT2D eigenvalue weighted by atomic mass is 19.1. The first-order valence-electron chi connectivity index (χ1n) is 22.9. The molecule has 0 radical (unpaired) electrons. The van der Waals surface area contributed by atoms with Crippen LogP contribution in [0.5, 0.6) is 0 Å². The molecule has 4 heterocycles. The van der Waals surface area contributed by atoms with Gasteiger partial charge in [0.25, 0.3) is 5.67 Å². The summed E-state index contributed by atoms with van der Waals surface area (Å²) < 4.78 is 50.6. The van der Waals surface area contributed by atoms with Gasteiger partial charge in [0.15, 0.2) is 11.4 Å². The minimum atomic E-state index is -3.17. The van der Waals surface area contributed by atoms with Gasteiger partial charge in [0.05, 0.1) is 59.7 Å². The number of aryl methyl sites for hydroxylation is 1. The Morgan fingerprint density at radius 1 is 1.03 bits per heavy atom. The molecule has 1 amide bonds. The van der Waals surface area contributed by atoms with Crippen LogP contribution in [0.3, 0.4) is 0 Å². The zero-order chi connectivity index (χ0) is 47.7. The van der Waals surface area contributed by atoms with Gasteiger partial charge in [-0.15, -0.1) is 0 Å². The summed E-state index contributed by atoms with van der Waals surface area (Å²) in [7, 11) is 5.14. The normalized spacial score (nSPS) is 37.0. The Hall–Kier alpha value is -3.83. The molecule has 5 rings (SSSR count). The molecule has 358 valence electrons. The van der Waals surface area contributed by atoms with E-state index in [0.29, 0.717) is 25.8 Å². The zero-order valence-electron chi connectivity index (χ0n) is 40.5. The van der Waals surface area contributed by atoms with Crippen molar-refractivity contribution in [1.29, 1.82) is 0 Å². The highest BCUT2D eigenvalue weighted by Gasteiger charge is 2.62. The lowest BCUT2D eigenvalue weighted by molar-refractivity contribution is -0.230. The van der Waals surface area contributed by atoms with E-state index in [1.165, 1.54) is 18.9 Å². The van der Waals surface area contributed by atoms with E-state index in [4.69, 9.17) is 23.7 Å². The lowest BCUT2D eigenvalue weighted by Gasteiger charge is -2.50. The summed E-state index contributed by atoms with van der Waals surface area (Å²) in [5.74, 6) is -5.79. The highest BCUT2D eigenvalue weighted by molar-refractivity contribution is 6.08. The van der Waals surface area contributed by atoms with Crippen molar-refractivity contribution in [3.8, 4) is 11.3 Å². The Labute approximate surface area is 379 Å². The largest absolute Gasteiger partial charge is 0.455 e. The van der Waals surface area contributed by atoms with Crippen molar-refractivity contribution in [1.82, 2.24) is 24.3 Å². The number of ketones is 2. The molecular formula is C48H74FN5O10. The van der Waals surface area contributed by atoms with Gasteiger partial charge >= 0.3 is 12.1 Å². The lowest BCUT2D eigenvalue weighted by atomic mass is 9.72. The predicted octanol–water partition coefficient (Wildman–Crippen LogP) is 6.48. The average Bonchev–Trinajstić information content (AvgIpc) is 3.81. The van der Waals surface area contributed by atoms with E-state index in [1.54, 1.807) is 53.3 Å². The van der Waals surface area contributed by atoms with Gasteiger partial charge in [-0.3, -0.25) is 14.6 Å². The zero-order valence-corrected chi connectivity index (χ0v) is 40.5. The number of carbonyl (C=O) groups is 4. The number of rotatable bonds is 12. The number of unbranched alkanes of at least 4 members (excludes halogenated alkanes) is 1. The number of methoxy groups -OCH3 is 1. The van der Waals surface area contributed by atoms with Crippen molar-refractivity contribution in [3.05, 3.63) is 37.1 Å². The quantitative estimate of drug-likeness (QED) is 0.140. The van der Waals surface area contributed by atoms with Crippen LogP contribution in [0.4, 0.5) is 9.18 Å². The molecule has 0 spiro atoms. The third-order valence-electron chi connectivity index (χ3n) is 13.9. The van der Waals surface area contributed by atoms with Gasteiger partial charge in [0, 0.05) is 62.1 Å². The third kappa shape index (κ3) is 10.6. The highest BCUT2D eigenvalue weighted by Crippen LogP contribution is 2.44. The fourth-order valence-corrected chi connectivity index (χ4v) is 10.5. The number of imidazole rings is 1. The number of alkyl halides is 1. The van der Waals surface area contributed by atoms with Crippen molar-refractivity contribution in [2.45, 2.75) is 180 Å². The minimum Gasteiger partial charge on any atom is -0.455 e. The van der Waals surface area contributed by atoms with Crippen molar-refractivity contribution in [2.75, 3.05) is 27.7 Å². The number of likely N-dealkylation sites (N-methyl/N-ethyl adjacent to an activating group) is 1. The molecule has 2 saturated heterocycles. The number of esters is 1. The van der Waals surface area contributed by atoms with Crippen molar-refractivity contribution in [2.24, 2.45) is 23.7 Å². The van der Waals surface area contributed by atoms with E-state index in [2.05, 4.69) is 9.97 Å². The molecule has 3 aliphatic rings. The Morgan fingerprint density at radius 2 is 1.70 bits per heavy atom. The maximum Gasteiger partial charge on any atom is 0.410 e. The molecule has 2 aliphatic heterocycles. The lowest BCUT2D eigenvalue weighted by Crippen LogP contribution is -2.64. The number of cyclic esters (lactones) is 1. The van der Waals surface area contributed by atoms with Gasteiger partial charge in [0.2, 0.25) is 0 Å². The molecule has 1 N–H and O–H groups in total. The molecule has 14 atom stereocenters. The van der Waals surface area contributed by atoms with Gasteiger partial charge in [-0.25, -0.2) is 19.0 Å². The number of aliphatic hydroxyl groups excluding tert-OH is 1. The number of Topliss-reactive ketones (excluding diaryl/α,β-unsaturated/α-hetero) is 2. The van der Waals surface area contributed by atoms with Crippen LogP contribution in [0.1, 0.15) is 108 Å². The van der Waals surface area contributed by atoms with Crippen LogP contribution in [-0.2, 0) is 44.6 Å². The second kappa shape index (κ2) is 20.0. The summed E-state index contributed by atoms with van der Waals surface area (Å²) >= 11 is 0. The average molecular weight is 900 g/mol. The number of aromatic nitrogens is 3. The topological polar surface area (TPSA) is 172 Å². The summed E-state index contributed by atoms with van der Waals surface area (Å²) in [5, 5.41) is 12.0. The first-order chi connectivity index (χ1) is 29.8. The van der Waals surface area contributed by atoms with E-state index in [9.17, 15) is 24.3 Å². The number of pyridine rings is 1. The number of fused-ring (bicyclic) bond motifs is 1. The molecule has 0 aromatic carbocycles. The van der Waals surface area contributed by atoms with Gasteiger partial charge < -0.3 is 43.2 Å². The monoisotopic (exact) mass is 900 g/mol. The molecule has 2 aromatic heterocycles. The number of aliphatic hydroxyl groups is 1. The van der Waals surface area contributed by atoms with E-state index in [1.807, 2.05) is 69.6 Å². The summed E-state index contributed by atoms with van der Waals surface area (Å²) in [6.45, 7) is 19.6. The van der Waals surface area contributed by atoms with Crippen LogP contribution in [-0.4, -0.2) is 146 Å². The SMILES string of the molecule is CC[C@H]1OC(=O)[C@@](C)(F)C(=O)[C@H](C)[C@@H](O[C@@H]2C[C@H](C)[C@@H](OC(C)(C)C)[C@H](N(C)C)[C@H]2O)[C@](C)(OC)C[C@@H](C)C(=O)[C@H](C)[C@H]2N(CCCCn3cnc(-c4cccnc4)c3)C(=O)O[C@]12C. The van der Waals surface area contributed by atoms with Crippen LogP contribution in [0.25, 0.3) is 11.3 Å². The third-order valence-corrected chi connectivity index (χ3v) is 13.9. The van der Waals surface area contributed by atoms with Crippen LogP contribution < -0.4 is 0 Å². The molecule has 16 heteroatoms. The minimum absolute atomic E-state index is 0.0228. The van der Waals surface area contributed by atoms with E-state index >= 15 is 4.39 Å². The maximum absolute atomic E-state index is 17.1. The smallest absolute Gasteiger partial charge is 0.410 e. The second-order valence-corrected chi connectivity index (χ2v) is 20.4. The van der Waals surface area contributed by atoms with Gasteiger partial charge in [-0.1, -0.05) is 34.6 Å². The number of hydrogen-bond acceptors (Lipinski definition) is 13. The molecule has 0 bridgehead atoms. The molecule has 15 nitrogen and oxygen atoms in total. The first kappa shape index (κ1) is 51.2. The Kier molecular flexibility index (Phi) is 16.0. The summed E-state index contributed by atoms with van der Waals surface area (Å²) in [4.78, 5) is 69.4. The number of nitrogens with zero attached hydrogens (tertiary/aromatic N) is 5. The number of ether oxygens (including phenoxy) is 5. The molecule has 2 aromatic rings. The van der Waals surface area contributed by atoms with Crippen LogP contribution in [0, 0.1) is 23.7 Å². The van der Waals surface area contributed by atoms with E-state index in [0.717, 1.165) is 18.2 Å². The molecule has 0 unspecified atom stereocenters. The Balaban J connectivity index is 1.47. The Bertz CT molecular complexity index is 1940. The van der Waals surface area contributed by atoms with Crippen LogP contribution >= 0.6 is 0 Å². The van der Waals surface area contributed by atoms with Crippen LogP contribution in [0.2, 0.25) is 0 Å². The maximum atomic E-state index is 17.1. The molecule has 1 aliphatic carbocycles. The standard InChI is InChI=1S/C48H74FN5O10/c1-15-35-48(11)40(54(44(59)64-48)22-17-16-21-53-26-33(51-27-53)32-19-18-20-50-25-32)30(4)37(55)29(3)24-46(9,60-14)42(31(5)41(57)47(10,49)43(58)62-35)61-34-23-28(2)39(63-45(6,7)8)36(38(34)56)52(12)13/h18-20,25-31,34-36,38-40,42,56H,15-17,21-24H2,1-14H3/t28-,29+,30-,31-,34+,35+,36+,38-,39+,40+,42+,46+,47-,48+/m0/s1. The second-order valence-electron chi connectivity index (χ2n) is 20.4. The fraction of sp³-hybridized carbons (Fsp3) is 0.750. The van der Waals surface area contributed by atoms with Crippen molar-refractivity contribution < 1.29 is 52.4 Å². The summed E-state index contributed by atoms with van der Waals surface area (Å²) in [6, 6.07) is 2.35. The number of halogens is 1. The molecule has 1 saturated carbocycles. The Morgan fingerprint density at radius 3 is 2.30 bits per heavy atom. The molecule has 3 fully saturated rings. The van der Waals surface area contributed by atoms with Gasteiger partial charge in [-0.05, 0) is 106 Å². The fourth-order valence-electron chi connectivity index (χ4n) is 10.5. The molecular weight excluding hydrogens is 826 g/mol.